The lowest BCUT2D eigenvalue weighted by Gasteiger charge is -2.29. The van der Waals surface area contributed by atoms with E-state index in [4.69, 9.17) is 0 Å². The molecule has 0 aromatic heterocycles. The molecule has 1 saturated carbocycles. The molecule has 0 unspecified atom stereocenters. The van der Waals surface area contributed by atoms with Crippen LogP contribution in [0, 0.1) is 11.8 Å². The molecular weight excluding hydrogens is 233 g/mol. The molecule has 0 aromatic carbocycles. The van der Waals surface area contributed by atoms with Crippen molar-refractivity contribution in [3.8, 4) is 0 Å². The summed E-state index contributed by atoms with van der Waals surface area (Å²) in [6.07, 6.45) is -3.26. The Bertz CT molecular complexity index is 248. The lowest BCUT2D eigenvalue weighted by molar-refractivity contribution is -0.184. The second-order valence-corrected chi connectivity index (χ2v) is 4.48. The molecule has 100 valence electrons. The van der Waals surface area contributed by atoms with E-state index in [9.17, 15) is 18.0 Å². The lowest BCUT2D eigenvalue weighted by atomic mass is 9.81. The van der Waals surface area contributed by atoms with Crippen LogP contribution in [0.3, 0.4) is 0 Å². The topological polar surface area (TPSA) is 41.1 Å². The van der Waals surface area contributed by atoms with Gasteiger partial charge in [0.2, 0.25) is 5.91 Å². The quantitative estimate of drug-likeness (QED) is 0.748. The standard InChI is InChI=1S/C11H19F3N2O/c1-15-6-7-16-10(17)8-2-4-9(5-3-8)11(12,13)14/h8-9,15H,2-7H2,1H3,(H,16,17). The minimum absolute atomic E-state index is 0.0770. The number of amides is 1. The van der Waals surface area contributed by atoms with E-state index in [0.717, 1.165) is 0 Å². The predicted octanol–water partition coefficient (Wildman–Crippen LogP) is 1.69. The molecule has 0 radical (unpaired) electrons. The maximum atomic E-state index is 12.4. The molecule has 1 rings (SSSR count). The Kier molecular flexibility index (Phi) is 5.24. The van der Waals surface area contributed by atoms with Gasteiger partial charge >= 0.3 is 6.18 Å². The maximum absolute atomic E-state index is 12.4. The molecule has 1 aliphatic rings. The van der Waals surface area contributed by atoms with Gasteiger partial charge in [0.1, 0.15) is 0 Å². The molecule has 0 aromatic rings. The van der Waals surface area contributed by atoms with E-state index in [1.54, 1.807) is 7.05 Å². The summed E-state index contributed by atoms with van der Waals surface area (Å²) in [5.74, 6) is -1.57. The van der Waals surface area contributed by atoms with Gasteiger partial charge in [-0.2, -0.15) is 13.2 Å². The average molecular weight is 252 g/mol. The van der Waals surface area contributed by atoms with Crippen molar-refractivity contribution < 1.29 is 18.0 Å². The van der Waals surface area contributed by atoms with E-state index in [2.05, 4.69) is 10.6 Å². The van der Waals surface area contributed by atoms with Crippen LogP contribution in [0.4, 0.5) is 13.2 Å². The van der Waals surface area contributed by atoms with Gasteiger partial charge < -0.3 is 10.6 Å². The van der Waals surface area contributed by atoms with Crippen LogP contribution in [0.2, 0.25) is 0 Å². The molecule has 1 aliphatic carbocycles. The first kappa shape index (κ1) is 14.3. The molecule has 0 aliphatic heterocycles. The van der Waals surface area contributed by atoms with E-state index < -0.39 is 12.1 Å². The third-order valence-electron chi connectivity index (χ3n) is 3.24. The van der Waals surface area contributed by atoms with Gasteiger partial charge in [-0.25, -0.2) is 0 Å². The summed E-state index contributed by atoms with van der Waals surface area (Å²) in [5.41, 5.74) is 0. The van der Waals surface area contributed by atoms with Crippen LogP contribution < -0.4 is 10.6 Å². The molecule has 1 fully saturated rings. The molecule has 17 heavy (non-hydrogen) atoms. The minimum atomic E-state index is -4.10. The molecule has 3 nitrogen and oxygen atoms in total. The largest absolute Gasteiger partial charge is 0.391 e. The lowest BCUT2D eigenvalue weighted by Crippen LogP contribution is -2.38. The van der Waals surface area contributed by atoms with Crippen LogP contribution in [0.25, 0.3) is 0 Å². The molecular formula is C11H19F3N2O. The van der Waals surface area contributed by atoms with Crippen molar-refractivity contribution in [3.63, 3.8) is 0 Å². The van der Waals surface area contributed by atoms with Gasteiger partial charge in [0.05, 0.1) is 5.92 Å². The summed E-state index contributed by atoms with van der Waals surface area (Å²) in [6, 6.07) is 0. The number of alkyl halides is 3. The number of carbonyl (C=O) groups is 1. The summed E-state index contributed by atoms with van der Waals surface area (Å²) in [7, 11) is 1.78. The Morgan fingerprint density at radius 2 is 1.76 bits per heavy atom. The van der Waals surface area contributed by atoms with Gasteiger partial charge in [0.25, 0.3) is 0 Å². The Hall–Kier alpha value is -0.780. The maximum Gasteiger partial charge on any atom is 0.391 e. The Balaban J connectivity index is 2.29. The second-order valence-electron chi connectivity index (χ2n) is 4.48. The van der Waals surface area contributed by atoms with E-state index in [1.807, 2.05) is 0 Å². The first-order chi connectivity index (χ1) is 7.95. The van der Waals surface area contributed by atoms with E-state index in [1.165, 1.54) is 0 Å². The number of nitrogens with one attached hydrogen (secondary N) is 2. The number of halogens is 3. The van der Waals surface area contributed by atoms with Crippen molar-refractivity contribution in [2.75, 3.05) is 20.1 Å². The van der Waals surface area contributed by atoms with Gasteiger partial charge in [-0.1, -0.05) is 0 Å². The highest BCUT2D eigenvalue weighted by atomic mass is 19.4. The van der Waals surface area contributed by atoms with E-state index in [0.29, 0.717) is 25.9 Å². The summed E-state index contributed by atoms with van der Waals surface area (Å²) in [5, 5.41) is 5.61. The smallest absolute Gasteiger partial charge is 0.355 e. The van der Waals surface area contributed by atoms with Crippen molar-refractivity contribution in [3.05, 3.63) is 0 Å². The van der Waals surface area contributed by atoms with Crippen LogP contribution in [-0.2, 0) is 4.79 Å². The van der Waals surface area contributed by atoms with Gasteiger partial charge in [0.15, 0.2) is 0 Å². The molecule has 1 amide bonds. The van der Waals surface area contributed by atoms with Crippen LogP contribution in [0.1, 0.15) is 25.7 Å². The zero-order valence-electron chi connectivity index (χ0n) is 9.94. The van der Waals surface area contributed by atoms with Crippen molar-refractivity contribution >= 4 is 5.91 Å². The van der Waals surface area contributed by atoms with Crippen molar-refractivity contribution in [1.82, 2.24) is 10.6 Å². The molecule has 0 saturated heterocycles. The van der Waals surface area contributed by atoms with Crippen LogP contribution in [0.5, 0.6) is 0 Å². The summed E-state index contributed by atoms with van der Waals surface area (Å²) in [6.45, 7) is 1.19. The third-order valence-corrected chi connectivity index (χ3v) is 3.24. The average Bonchev–Trinajstić information content (AvgIpc) is 2.28. The fourth-order valence-electron chi connectivity index (χ4n) is 2.14. The summed E-state index contributed by atoms with van der Waals surface area (Å²) in [4.78, 5) is 11.6. The zero-order valence-corrected chi connectivity index (χ0v) is 9.94. The number of hydrogen-bond acceptors (Lipinski definition) is 2. The van der Waals surface area contributed by atoms with Gasteiger partial charge in [-0.3, -0.25) is 4.79 Å². The van der Waals surface area contributed by atoms with Gasteiger partial charge in [0, 0.05) is 19.0 Å². The number of likely N-dealkylation sites (N-methyl/N-ethyl adjacent to an activating group) is 1. The second kappa shape index (κ2) is 6.23. The fraction of sp³-hybridized carbons (Fsp3) is 0.909. The molecule has 0 bridgehead atoms. The highest BCUT2D eigenvalue weighted by Crippen LogP contribution is 2.39. The molecule has 0 heterocycles. The van der Waals surface area contributed by atoms with Gasteiger partial charge in [-0.15, -0.1) is 0 Å². The number of carbonyl (C=O) groups excluding carboxylic acids is 1. The Morgan fingerprint density at radius 3 is 2.24 bits per heavy atom. The normalized spacial score (nSPS) is 25.6. The first-order valence-electron chi connectivity index (χ1n) is 5.94. The Morgan fingerprint density at radius 1 is 1.18 bits per heavy atom. The minimum Gasteiger partial charge on any atom is -0.355 e. The first-order valence-corrected chi connectivity index (χ1v) is 5.94. The number of hydrogen-bond donors (Lipinski definition) is 2. The van der Waals surface area contributed by atoms with Crippen LogP contribution in [0.15, 0.2) is 0 Å². The fourth-order valence-corrected chi connectivity index (χ4v) is 2.14. The molecule has 6 heteroatoms. The van der Waals surface area contributed by atoms with E-state index in [-0.39, 0.29) is 24.7 Å². The van der Waals surface area contributed by atoms with Crippen molar-refractivity contribution in [1.29, 1.82) is 0 Å². The molecule has 0 atom stereocenters. The van der Waals surface area contributed by atoms with Gasteiger partial charge in [-0.05, 0) is 32.7 Å². The molecule has 0 spiro atoms. The number of rotatable bonds is 4. The molecule has 2 N–H and O–H groups in total. The monoisotopic (exact) mass is 252 g/mol. The Labute approximate surface area is 99.1 Å². The van der Waals surface area contributed by atoms with Crippen molar-refractivity contribution in [2.24, 2.45) is 11.8 Å². The third kappa shape index (κ3) is 4.53. The van der Waals surface area contributed by atoms with Crippen molar-refractivity contribution in [2.45, 2.75) is 31.9 Å². The summed E-state index contributed by atoms with van der Waals surface area (Å²) >= 11 is 0. The highest BCUT2D eigenvalue weighted by Gasteiger charge is 2.42. The van der Waals surface area contributed by atoms with Crippen LogP contribution >= 0.6 is 0 Å². The SMILES string of the molecule is CNCCNC(=O)C1CCC(C(F)(F)F)CC1. The van der Waals surface area contributed by atoms with Crippen LogP contribution in [-0.4, -0.2) is 32.2 Å². The highest BCUT2D eigenvalue weighted by molar-refractivity contribution is 5.78. The predicted molar refractivity (Wildman–Crippen MR) is 58.4 cm³/mol. The zero-order chi connectivity index (χ0) is 12.9. The van der Waals surface area contributed by atoms with E-state index >= 15 is 0 Å². The summed E-state index contributed by atoms with van der Waals surface area (Å²) < 4.78 is 37.2.